The van der Waals surface area contributed by atoms with E-state index in [1.165, 1.54) is 0 Å². The van der Waals surface area contributed by atoms with Gasteiger partial charge in [0.1, 0.15) is 6.33 Å². The third-order valence-corrected chi connectivity index (χ3v) is 4.59. The van der Waals surface area contributed by atoms with Gasteiger partial charge in [0.25, 0.3) is 0 Å². The number of fused-ring (bicyclic) bond motifs is 4. The van der Waals surface area contributed by atoms with Gasteiger partial charge in [-0.15, -0.1) is 0 Å². The van der Waals surface area contributed by atoms with Gasteiger partial charge in [0, 0.05) is 30.3 Å². The molecule has 4 rings (SSSR count). The van der Waals surface area contributed by atoms with E-state index in [1.807, 2.05) is 47.5 Å². The van der Waals surface area contributed by atoms with Crippen molar-refractivity contribution in [2.45, 2.75) is 31.3 Å². The summed E-state index contributed by atoms with van der Waals surface area (Å²) in [5, 5.41) is 0. The quantitative estimate of drug-likeness (QED) is 0.799. The highest BCUT2D eigenvalue weighted by molar-refractivity contribution is 5.92. The van der Waals surface area contributed by atoms with Crippen LogP contribution < -0.4 is 0 Å². The summed E-state index contributed by atoms with van der Waals surface area (Å²) >= 11 is 0. The number of carbonyl (C=O) groups excluding carboxylic acids is 1. The average molecular weight is 291 g/mol. The van der Waals surface area contributed by atoms with Crippen molar-refractivity contribution in [1.82, 2.24) is 14.9 Å². The lowest BCUT2D eigenvalue weighted by molar-refractivity contribution is -0.129. The number of nitrogens with zero attached hydrogens (tertiary/aromatic N) is 3. The van der Waals surface area contributed by atoms with Gasteiger partial charge < -0.3 is 4.90 Å². The maximum Gasteiger partial charge on any atom is 0.247 e. The van der Waals surface area contributed by atoms with Crippen molar-refractivity contribution in [3.05, 3.63) is 65.8 Å². The van der Waals surface area contributed by atoms with Crippen LogP contribution in [0.15, 0.2) is 48.9 Å². The summed E-state index contributed by atoms with van der Waals surface area (Å²) in [5.41, 5.74) is 3.28. The molecule has 1 saturated heterocycles. The molecule has 1 fully saturated rings. The number of hydrogen-bond donors (Lipinski definition) is 0. The molecule has 22 heavy (non-hydrogen) atoms. The van der Waals surface area contributed by atoms with Crippen LogP contribution in [-0.4, -0.2) is 26.8 Å². The molecule has 2 atom stereocenters. The maximum atomic E-state index is 12.6. The summed E-state index contributed by atoms with van der Waals surface area (Å²) in [5.74, 6) is 0.0888. The first kappa shape index (κ1) is 13.2. The van der Waals surface area contributed by atoms with Gasteiger partial charge in [-0.25, -0.2) is 9.97 Å². The lowest BCUT2D eigenvalue weighted by Crippen LogP contribution is -2.41. The van der Waals surface area contributed by atoms with Crippen molar-refractivity contribution < 1.29 is 4.79 Å². The minimum Gasteiger partial charge on any atom is -0.329 e. The summed E-state index contributed by atoms with van der Waals surface area (Å²) in [7, 11) is 0. The summed E-state index contributed by atoms with van der Waals surface area (Å²) in [6, 6.07) is 10.3. The standard InChI is InChI=1S/C18H17N3O/c22-18(9-6-13-4-2-1-3-5-13)21-14-7-8-17(21)15-11-19-12-20-16(15)10-14/h1-6,9,11-12,14,17H,7-8,10H2/b9-6+. The Morgan fingerprint density at radius 3 is 2.95 bits per heavy atom. The lowest BCUT2D eigenvalue weighted by Gasteiger charge is -2.34. The van der Waals surface area contributed by atoms with E-state index in [4.69, 9.17) is 0 Å². The predicted molar refractivity (Wildman–Crippen MR) is 83.8 cm³/mol. The normalized spacial score (nSPS) is 22.8. The molecule has 0 saturated carbocycles. The minimum atomic E-state index is 0.0888. The Hall–Kier alpha value is -2.49. The zero-order valence-corrected chi connectivity index (χ0v) is 12.2. The van der Waals surface area contributed by atoms with Gasteiger partial charge in [0.2, 0.25) is 5.91 Å². The molecule has 0 N–H and O–H groups in total. The molecule has 110 valence electrons. The first-order valence-corrected chi connectivity index (χ1v) is 7.67. The molecular weight excluding hydrogens is 274 g/mol. The SMILES string of the molecule is O=C(/C=C/c1ccccc1)N1C2CCC1c1cncnc1C2. The van der Waals surface area contributed by atoms with Crippen molar-refractivity contribution in [2.24, 2.45) is 0 Å². The highest BCUT2D eigenvalue weighted by atomic mass is 16.2. The molecule has 0 radical (unpaired) electrons. The molecule has 2 aliphatic rings. The van der Waals surface area contributed by atoms with Crippen molar-refractivity contribution in [3.8, 4) is 0 Å². The zero-order valence-electron chi connectivity index (χ0n) is 12.2. The van der Waals surface area contributed by atoms with Gasteiger partial charge in [0.05, 0.1) is 11.7 Å². The van der Waals surface area contributed by atoms with Crippen LogP contribution in [0.4, 0.5) is 0 Å². The first-order chi connectivity index (χ1) is 10.8. The predicted octanol–water partition coefficient (Wildman–Crippen LogP) is 2.78. The van der Waals surface area contributed by atoms with Crippen LogP contribution in [0.1, 0.15) is 35.7 Å². The van der Waals surface area contributed by atoms with Crippen molar-refractivity contribution in [2.75, 3.05) is 0 Å². The second-order valence-corrected chi connectivity index (χ2v) is 5.87. The molecule has 1 aromatic heterocycles. The summed E-state index contributed by atoms with van der Waals surface area (Å²) in [4.78, 5) is 23.2. The number of carbonyl (C=O) groups is 1. The maximum absolute atomic E-state index is 12.6. The lowest BCUT2D eigenvalue weighted by atomic mass is 9.99. The van der Waals surface area contributed by atoms with E-state index < -0.39 is 0 Å². The Bertz CT molecular complexity index is 726. The van der Waals surface area contributed by atoms with Crippen molar-refractivity contribution in [1.29, 1.82) is 0 Å². The molecule has 3 heterocycles. The van der Waals surface area contributed by atoms with E-state index in [0.29, 0.717) is 0 Å². The molecule has 2 aliphatic heterocycles. The fraction of sp³-hybridized carbons (Fsp3) is 0.278. The number of aromatic nitrogens is 2. The molecule has 2 aromatic rings. The van der Waals surface area contributed by atoms with Crippen LogP contribution >= 0.6 is 0 Å². The second kappa shape index (κ2) is 5.37. The van der Waals surface area contributed by atoms with Gasteiger partial charge >= 0.3 is 0 Å². The third-order valence-electron chi connectivity index (χ3n) is 4.59. The molecule has 2 bridgehead atoms. The average Bonchev–Trinajstić information content (AvgIpc) is 2.89. The fourth-order valence-electron chi connectivity index (χ4n) is 3.58. The summed E-state index contributed by atoms with van der Waals surface area (Å²) in [6.07, 6.45) is 9.95. The third kappa shape index (κ3) is 2.21. The monoisotopic (exact) mass is 291 g/mol. The van der Waals surface area contributed by atoms with Gasteiger partial charge in [-0.3, -0.25) is 4.79 Å². The highest BCUT2D eigenvalue weighted by Gasteiger charge is 2.42. The smallest absolute Gasteiger partial charge is 0.247 e. The van der Waals surface area contributed by atoms with Gasteiger partial charge in [-0.05, 0) is 24.5 Å². The van der Waals surface area contributed by atoms with E-state index in [0.717, 1.165) is 36.1 Å². The van der Waals surface area contributed by atoms with E-state index in [1.54, 1.807) is 12.4 Å². The molecule has 1 amide bonds. The van der Waals surface area contributed by atoms with E-state index >= 15 is 0 Å². The van der Waals surface area contributed by atoms with Gasteiger partial charge in [0.15, 0.2) is 0 Å². The largest absolute Gasteiger partial charge is 0.329 e. The Morgan fingerprint density at radius 1 is 1.23 bits per heavy atom. The van der Waals surface area contributed by atoms with E-state index in [-0.39, 0.29) is 18.0 Å². The van der Waals surface area contributed by atoms with Crippen LogP contribution in [0.5, 0.6) is 0 Å². The fourth-order valence-corrected chi connectivity index (χ4v) is 3.58. The van der Waals surface area contributed by atoms with E-state index in [9.17, 15) is 4.79 Å². The molecule has 0 spiro atoms. The molecule has 2 unspecified atom stereocenters. The highest BCUT2D eigenvalue weighted by Crippen LogP contribution is 2.42. The first-order valence-electron chi connectivity index (χ1n) is 7.67. The minimum absolute atomic E-state index is 0.0888. The molecule has 4 nitrogen and oxygen atoms in total. The number of rotatable bonds is 2. The Morgan fingerprint density at radius 2 is 2.09 bits per heavy atom. The van der Waals surface area contributed by atoms with Crippen molar-refractivity contribution in [3.63, 3.8) is 0 Å². The summed E-state index contributed by atoms with van der Waals surface area (Å²) < 4.78 is 0. The Labute approximate surface area is 129 Å². The second-order valence-electron chi connectivity index (χ2n) is 5.87. The molecule has 4 heteroatoms. The van der Waals surface area contributed by atoms with Crippen LogP contribution in [0.2, 0.25) is 0 Å². The number of hydrogen-bond acceptors (Lipinski definition) is 3. The van der Waals surface area contributed by atoms with Crippen LogP contribution in [0.25, 0.3) is 6.08 Å². The topological polar surface area (TPSA) is 46.1 Å². The zero-order chi connectivity index (χ0) is 14.9. The van der Waals surface area contributed by atoms with Crippen LogP contribution in [0.3, 0.4) is 0 Å². The van der Waals surface area contributed by atoms with Crippen molar-refractivity contribution >= 4 is 12.0 Å². The summed E-state index contributed by atoms with van der Waals surface area (Å²) in [6.45, 7) is 0. The molecule has 1 aromatic carbocycles. The molecular formula is C18H17N3O. The molecule has 0 aliphatic carbocycles. The van der Waals surface area contributed by atoms with Gasteiger partial charge in [-0.1, -0.05) is 30.3 Å². The van der Waals surface area contributed by atoms with Crippen LogP contribution in [-0.2, 0) is 11.2 Å². The van der Waals surface area contributed by atoms with Gasteiger partial charge in [-0.2, -0.15) is 0 Å². The Balaban J connectivity index is 1.59. The Kier molecular flexibility index (Phi) is 3.22. The number of benzene rings is 1. The van der Waals surface area contributed by atoms with E-state index in [2.05, 4.69) is 9.97 Å². The van der Waals surface area contributed by atoms with Crippen LogP contribution in [0, 0.1) is 0 Å². The number of amides is 1.